The number of ether oxygens (including phenoxy) is 1. The highest BCUT2D eigenvalue weighted by Gasteiger charge is 2.36. The van der Waals surface area contributed by atoms with E-state index in [-0.39, 0.29) is 6.10 Å². The zero-order valence-electron chi connectivity index (χ0n) is 5.80. The van der Waals surface area contributed by atoms with Crippen molar-refractivity contribution in [2.24, 2.45) is 0 Å². The second kappa shape index (κ2) is 3.17. The van der Waals surface area contributed by atoms with Gasteiger partial charge in [0.1, 0.15) is 12.2 Å². The van der Waals surface area contributed by atoms with Crippen LogP contribution in [-0.4, -0.2) is 46.2 Å². The fraction of sp³-hybridized carbons (Fsp3) is 0.833. The highest BCUT2D eigenvalue weighted by Crippen LogP contribution is 2.17. The maximum Gasteiger partial charge on any atom is 0.306 e. The minimum Gasteiger partial charge on any atom is -0.481 e. The minimum absolute atomic E-state index is 0.371. The first-order chi connectivity index (χ1) is 5.11. The highest BCUT2D eigenvalue weighted by molar-refractivity contribution is 5.67. The Hall–Kier alpha value is -0.650. The van der Waals surface area contributed by atoms with E-state index in [1.54, 1.807) is 0 Å². The smallest absolute Gasteiger partial charge is 0.306 e. The molecule has 0 amide bonds. The molecule has 1 fully saturated rings. The molecular formula is C6H10O5. The highest BCUT2D eigenvalue weighted by atomic mass is 16.6. The van der Waals surface area contributed by atoms with Gasteiger partial charge in [0.05, 0.1) is 19.1 Å². The summed E-state index contributed by atoms with van der Waals surface area (Å²) in [5.74, 6) is -1.13. The number of carbonyl (C=O) groups is 1. The standard InChI is InChI=1S/C6H10O5/c7-3(1-5(8)9)6(10)4-2-11-4/h3-4,6-7,10H,1-2H2,(H,8,9)/t3-,4?,6+/m1/s1. The van der Waals surface area contributed by atoms with Crippen molar-refractivity contribution >= 4 is 5.97 Å². The second-order valence-corrected chi connectivity index (χ2v) is 2.53. The molecule has 1 heterocycles. The number of aliphatic carboxylic acids is 1. The third-order valence-electron chi connectivity index (χ3n) is 1.52. The summed E-state index contributed by atoms with van der Waals surface area (Å²) in [6.07, 6.45) is -3.10. The molecule has 0 spiro atoms. The number of aliphatic hydroxyl groups is 2. The molecule has 5 heteroatoms. The molecule has 3 atom stereocenters. The normalized spacial score (nSPS) is 27.6. The topological polar surface area (TPSA) is 90.3 Å². The first-order valence-electron chi connectivity index (χ1n) is 3.31. The molecule has 0 aliphatic carbocycles. The molecule has 0 saturated carbocycles. The number of rotatable bonds is 4. The quantitative estimate of drug-likeness (QED) is 0.441. The van der Waals surface area contributed by atoms with Gasteiger partial charge in [0, 0.05) is 0 Å². The molecule has 1 saturated heterocycles. The number of hydrogen-bond acceptors (Lipinski definition) is 4. The Morgan fingerprint density at radius 1 is 1.64 bits per heavy atom. The molecule has 64 valence electrons. The van der Waals surface area contributed by atoms with Gasteiger partial charge in [0.15, 0.2) is 0 Å². The van der Waals surface area contributed by atoms with Crippen molar-refractivity contribution in [1.29, 1.82) is 0 Å². The van der Waals surface area contributed by atoms with Gasteiger partial charge in [-0.2, -0.15) is 0 Å². The predicted molar refractivity (Wildman–Crippen MR) is 34.0 cm³/mol. The van der Waals surface area contributed by atoms with E-state index in [4.69, 9.17) is 15.3 Å². The first kappa shape index (κ1) is 8.45. The molecular weight excluding hydrogens is 152 g/mol. The lowest BCUT2D eigenvalue weighted by Crippen LogP contribution is -2.32. The number of epoxide rings is 1. The molecule has 0 bridgehead atoms. The van der Waals surface area contributed by atoms with Gasteiger partial charge in [0.25, 0.3) is 0 Å². The summed E-state index contributed by atoms with van der Waals surface area (Å²) >= 11 is 0. The molecule has 5 nitrogen and oxygen atoms in total. The van der Waals surface area contributed by atoms with Crippen molar-refractivity contribution < 1.29 is 24.9 Å². The maximum absolute atomic E-state index is 10.0. The van der Waals surface area contributed by atoms with Gasteiger partial charge in [-0.15, -0.1) is 0 Å². The van der Waals surface area contributed by atoms with Gasteiger partial charge in [-0.05, 0) is 0 Å². The van der Waals surface area contributed by atoms with Crippen LogP contribution in [0.15, 0.2) is 0 Å². The molecule has 0 aromatic heterocycles. The van der Waals surface area contributed by atoms with Crippen LogP contribution in [-0.2, 0) is 9.53 Å². The minimum atomic E-state index is -1.22. The molecule has 0 aromatic rings. The molecule has 0 aromatic carbocycles. The van der Waals surface area contributed by atoms with Crippen molar-refractivity contribution in [3.63, 3.8) is 0 Å². The molecule has 1 unspecified atom stereocenters. The van der Waals surface area contributed by atoms with E-state index in [0.29, 0.717) is 6.61 Å². The zero-order valence-corrected chi connectivity index (χ0v) is 5.80. The second-order valence-electron chi connectivity index (χ2n) is 2.53. The lowest BCUT2D eigenvalue weighted by molar-refractivity contribution is -0.141. The molecule has 1 aliphatic heterocycles. The zero-order chi connectivity index (χ0) is 8.43. The van der Waals surface area contributed by atoms with Crippen LogP contribution in [0.2, 0.25) is 0 Å². The van der Waals surface area contributed by atoms with E-state index >= 15 is 0 Å². The van der Waals surface area contributed by atoms with Crippen LogP contribution in [0.3, 0.4) is 0 Å². The van der Waals surface area contributed by atoms with E-state index in [0.717, 1.165) is 0 Å². The summed E-state index contributed by atoms with van der Waals surface area (Å²) in [5, 5.41) is 26.3. The Balaban J connectivity index is 2.26. The van der Waals surface area contributed by atoms with Crippen LogP contribution in [0.4, 0.5) is 0 Å². The fourth-order valence-corrected chi connectivity index (χ4v) is 0.800. The third kappa shape index (κ3) is 2.45. The van der Waals surface area contributed by atoms with Crippen LogP contribution in [0.1, 0.15) is 6.42 Å². The summed E-state index contributed by atoms with van der Waals surface area (Å²) in [6, 6.07) is 0. The van der Waals surface area contributed by atoms with Crippen molar-refractivity contribution in [1.82, 2.24) is 0 Å². The number of carboxylic acid groups (broad SMARTS) is 1. The summed E-state index contributed by atoms with van der Waals surface area (Å²) in [5.41, 5.74) is 0. The number of carboxylic acids is 1. The molecule has 0 radical (unpaired) electrons. The average molecular weight is 162 g/mol. The first-order valence-corrected chi connectivity index (χ1v) is 3.31. The van der Waals surface area contributed by atoms with Crippen LogP contribution in [0, 0.1) is 0 Å². The van der Waals surface area contributed by atoms with Crippen LogP contribution in [0.5, 0.6) is 0 Å². The van der Waals surface area contributed by atoms with Gasteiger partial charge in [-0.25, -0.2) is 0 Å². The van der Waals surface area contributed by atoms with Gasteiger partial charge in [-0.1, -0.05) is 0 Å². The van der Waals surface area contributed by atoms with Gasteiger partial charge in [0.2, 0.25) is 0 Å². The largest absolute Gasteiger partial charge is 0.481 e. The summed E-state index contributed by atoms with van der Waals surface area (Å²) in [6.45, 7) is 0.401. The summed E-state index contributed by atoms with van der Waals surface area (Å²) in [7, 11) is 0. The third-order valence-corrected chi connectivity index (χ3v) is 1.52. The predicted octanol–water partition coefficient (Wildman–Crippen LogP) is -1.42. The van der Waals surface area contributed by atoms with Crippen LogP contribution in [0.25, 0.3) is 0 Å². The maximum atomic E-state index is 10.0. The van der Waals surface area contributed by atoms with Crippen LogP contribution >= 0.6 is 0 Å². The SMILES string of the molecule is O=C(O)C[C@@H](O)[C@H](O)C1CO1. The molecule has 3 N–H and O–H groups in total. The Labute approximate surface area is 63.2 Å². The fourth-order valence-electron chi connectivity index (χ4n) is 0.800. The van der Waals surface area contributed by atoms with Gasteiger partial charge >= 0.3 is 5.97 Å². The van der Waals surface area contributed by atoms with E-state index < -0.39 is 24.6 Å². The van der Waals surface area contributed by atoms with Crippen molar-refractivity contribution in [3.05, 3.63) is 0 Å². The van der Waals surface area contributed by atoms with Gasteiger partial charge in [-0.3, -0.25) is 4.79 Å². The summed E-state index contributed by atoms with van der Waals surface area (Å²) < 4.78 is 4.67. The summed E-state index contributed by atoms with van der Waals surface area (Å²) in [4.78, 5) is 10.0. The average Bonchev–Trinajstić information content (AvgIpc) is 2.65. The van der Waals surface area contributed by atoms with Crippen molar-refractivity contribution in [2.75, 3.05) is 6.61 Å². The lowest BCUT2D eigenvalue weighted by atomic mass is 10.1. The van der Waals surface area contributed by atoms with Crippen LogP contribution < -0.4 is 0 Å². The molecule has 1 rings (SSSR count). The van der Waals surface area contributed by atoms with E-state index in [2.05, 4.69) is 4.74 Å². The Morgan fingerprint density at radius 2 is 2.18 bits per heavy atom. The van der Waals surface area contributed by atoms with E-state index in [1.807, 2.05) is 0 Å². The Kier molecular flexibility index (Phi) is 2.43. The van der Waals surface area contributed by atoms with Gasteiger partial charge < -0.3 is 20.1 Å². The Bertz CT molecular complexity index is 153. The number of aliphatic hydroxyl groups excluding tert-OH is 2. The lowest BCUT2D eigenvalue weighted by Gasteiger charge is -2.12. The molecule has 1 aliphatic rings. The van der Waals surface area contributed by atoms with Crippen molar-refractivity contribution in [3.8, 4) is 0 Å². The number of hydrogen-bond donors (Lipinski definition) is 3. The van der Waals surface area contributed by atoms with Crippen molar-refractivity contribution in [2.45, 2.75) is 24.7 Å². The Morgan fingerprint density at radius 3 is 2.55 bits per heavy atom. The molecule has 11 heavy (non-hydrogen) atoms. The monoisotopic (exact) mass is 162 g/mol. The van der Waals surface area contributed by atoms with E-state index in [1.165, 1.54) is 0 Å². The van der Waals surface area contributed by atoms with E-state index in [9.17, 15) is 4.79 Å².